The molecule has 1 fully saturated rings. The first-order valence-electron chi connectivity index (χ1n) is 5.76. The fourth-order valence-electron chi connectivity index (χ4n) is 2.31. The van der Waals surface area contributed by atoms with Crippen molar-refractivity contribution in [2.24, 2.45) is 0 Å². The van der Waals surface area contributed by atoms with Gasteiger partial charge in [-0.05, 0) is 31.0 Å². The minimum Gasteiger partial charge on any atom is -0.242 e. The fraction of sp³-hybridized carbons (Fsp3) is 0.455. The Bertz CT molecular complexity index is 681. The van der Waals surface area contributed by atoms with Crippen molar-refractivity contribution in [3.63, 3.8) is 0 Å². The normalized spacial score (nSPS) is 20.3. The number of aromatic nitrogens is 3. The zero-order valence-electron chi connectivity index (χ0n) is 9.58. The van der Waals surface area contributed by atoms with Crippen molar-refractivity contribution in [1.29, 1.82) is 0 Å². The molecule has 2 heterocycles. The second kappa shape index (κ2) is 4.20. The van der Waals surface area contributed by atoms with Gasteiger partial charge in [-0.25, -0.2) is 13.1 Å². The Kier molecular flexibility index (Phi) is 2.79. The lowest BCUT2D eigenvalue weighted by molar-refractivity contribution is 0.415. The molecule has 18 heavy (non-hydrogen) atoms. The van der Waals surface area contributed by atoms with Crippen LogP contribution in [0, 0.1) is 0 Å². The molecule has 1 aromatic carbocycles. The van der Waals surface area contributed by atoms with E-state index in [9.17, 15) is 8.42 Å². The van der Waals surface area contributed by atoms with Gasteiger partial charge in [0.25, 0.3) is 0 Å². The summed E-state index contributed by atoms with van der Waals surface area (Å²) in [4.78, 5) is 0. The van der Waals surface area contributed by atoms with Crippen molar-refractivity contribution < 1.29 is 8.42 Å². The summed E-state index contributed by atoms with van der Waals surface area (Å²) in [5.74, 6) is 0.458. The highest BCUT2D eigenvalue weighted by Gasteiger charge is 2.26. The molecule has 0 bridgehead atoms. The summed E-state index contributed by atoms with van der Waals surface area (Å²) in [5.41, 5.74) is 1.65. The predicted octanol–water partition coefficient (Wildman–Crippen LogP) is 1.83. The second-order valence-electron chi connectivity index (χ2n) is 4.55. The SMILES string of the molecule is O=S1(=O)CCC(n2nnc3cc(Cl)ccc32)CC1. The van der Waals surface area contributed by atoms with Gasteiger partial charge in [0.1, 0.15) is 15.4 Å². The van der Waals surface area contributed by atoms with E-state index in [4.69, 9.17) is 11.6 Å². The van der Waals surface area contributed by atoms with Crippen LogP contribution in [0.1, 0.15) is 18.9 Å². The summed E-state index contributed by atoms with van der Waals surface area (Å²) >= 11 is 5.89. The molecule has 0 unspecified atom stereocenters. The average molecular weight is 286 g/mol. The zero-order valence-corrected chi connectivity index (χ0v) is 11.2. The Morgan fingerprint density at radius 2 is 2.00 bits per heavy atom. The minimum absolute atomic E-state index is 0.111. The average Bonchev–Trinajstić information content (AvgIpc) is 2.72. The summed E-state index contributed by atoms with van der Waals surface area (Å²) in [6, 6.07) is 5.55. The molecule has 7 heteroatoms. The maximum Gasteiger partial charge on any atom is 0.150 e. The van der Waals surface area contributed by atoms with Crippen LogP contribution >= 0.6 is 11.6 Å². The molecule has 1 aliphatic heterocycles. The largest absolute Gasteiger partial charge is 0.242 e. The number of benzene rings is 1. The third-order valence-corrected chi connectivity index (χ3v) is 5.25. The van der Waals surface area contributed by atoms with Gasteiger partial charge in [0.2, 0.25) is 0 Å². The lowest BCUT2D eigenvalue weighted by Crippen LogP contribution is -2.26. The van der Waals surface area contributed by atoms with Crippen molar-refractivity contribution in [2.75, 3.05) is 11.5 Å². The quantitative estimate of drug-likeness (QED) is 0.802. The van der Waals surface area contributed by atoms with Crippen LogP contribution in [0.15, 0.2) is 18.2 Å². The topological polar surface area (TPSA) is 64.8 Å². The van der Waals surface area contributed by atoms with Crippen LogP contribution in [0.2, 0.25) is 5.02 Å². The summed E-state index contributed by atoms with van der Waals surface area (Å²) in [6.45, 7) is 0. The molecule has 0 radical (unpaired) electrons. The zero-order chi connectivity index (χ0) is 12.8. The van der Waals surface area contributed by atoms with Gasteiger partial charge in [-0.3, -0.25) is 0 Å². The minimum atomic E-state index is -2.85. The molecular weight excluding hydrogens is 274 g/mol. The van der Waals surface area contributed by atoms with E-state index in [2.05, 4.69) is 10.3 Å². The molecule has 5 nitrogen and oxygen atoms in total. The highest BCUT2D eigenvalue weighted by molar-refractivity contribution is 7.91. The van der Waals surface area contributed by atoms with Gasteiger partial charge in [-0.15, -0.1) is 5.10 Å². The number of nitrogens with zero attached hydrogens (tertiary/aromatic N) is 3. The third kappa shape index (κ3) is 2.10. The molecule has 3 rings (SSSR count). The molecule has 0 atom stereocenters. The molecule has 0 amide bonds. The molecule has 96 valence electrons. The van der Waals surface area contributed by atoms with Crippen molar-refractivity contribution in [2.45, 2.75) is 18.9 Å². The Morgan fingerprint density at radius 3 is 2.72 bits per heavy atom. The van der Waals surface area contributed by atoms with E-state index in [0.717, 1.165) is 11.0 Å². The standard InChI is InChI=1S/C11H12ClN3O2S/c12-8-1-2-11-10(7-8)13-14-15(11)9-3-5-18(16,17)6-4-9/h1-2,7,9H,3-6H2. The van der Waals surface area contributed by atoms with E-state index in [1.54, 1.807) is 12.1 Å². The first kappa shape index (κ1) is 11.9. The number of rotatable bonds is 1. The van der Waals surface area contributed by atoms with Gasteiger partial charge in [0, 0.05) is 5.02 Å². The third-order valence-electron chi connectivity index (χ3n) is 3.30. The molecule has 0 aliphatic carbocycles. The Labute approximate surface area is 110 Å². The van der Waals surface area contributed by atoms with Crippen molar-refractivity contribution in [3.05, 3.63) is 23.2 Å². The Hall–Kier alpha value is -1.14. The van der Waals surface area contributed by atoms with Crippen molar-refractivity contribution >= 4 is 32.5 Å². The van der Waals surface area contributed by atoms with Gasteiger partial charge >= 0.3 is 0 Å². The lowest BCUT2D eigenvalue weighted by Gasteiger charge is -2.22. The first-order chi connectivity index (χ1) is 8.55. The molecule has 1 saturated heterocycles. The highest BCUT2D eigenvalue weighted by atomic mass is 35.5. The molecular formula is C11H12ClN3O2S. The number of sulfone groups is 1. The van der Waals surface area contributed by atoms with Gasteiger partial charge in [0.15, 0.2) is 0 Å². The van der Waals surface area contributed by atoms with Crippen molar-refractivity contribution in [3.8, 4) is 0 Å². The van der Waals surface area contributed by atoms with Crippen molar-refractivity contribution in [1.82, 2.24) is 15.0 Å². The number of fused-ring (bicyclic) bond motifs is 1. The summed E-state index contributed by atoms with van der Waals surface area (Å²) in [6.07, 6.45) is 1.20. The second-order valence-corrected chi connectivity index (χ2v) is 7.29. The molecule has 1 aromatic heterocycles. The van der Waals surface area contributed by atoms with E-state index >= 15 is 0 Å². The molecule has 0 saturated carbocycles. The number of hydrogen-bond acceptors (Lipinski definition) is 4. The lowest BCUT2D eigenvalue weighted by atomic mass is 10.1. The number of hydrogen-bond donors (Lipinski definition) is 0. The summed E-state index contributed by atoms with van der Waals surface area (Å²) in [7, 11) is -2.85. The fourth-order valence-corrected chi connectivity index (χ4v) is 3.94. The smallest absolute Gasteiger partial charge is 0.150 e. The maximum absolute atomic E-state index is 11.4. The number of halogens is 1. The maximum atomic E-state index is 11.4. The molecule has 1 aliphatic rings. The van der Waals surface area contributed by atoms with E-state index in [1.807, 2.05) is 10.7 Å². The molecule has 2 aromatic rings. The Balaban J connectivity index is 1.96. The summed E-state index contributed by atoms with van der Waals surface area (Å²) in [5, 5.41) is 8.82. The van der Waals surface area contributed by atoms with E-state index < -0.39 is 9.84 Å². The van der Waals surface area contributed by atoms with E-state index in [-0.39, 0.29) is 17.5 Å². The van der Waals surface area contributed by atoms with Crippen LogP contribution in [0.25, 0.3) is 11.0 Å². The molecule has 0 N–H and O–H groups in total. The van der Waals surface area contributed by atoms with Gasteiger partial charge in [-0.1, -0.05) is 16.8 Å². The predicted molar refractivity (Wildman–Crippen MR) is 69.5 cm³/mol. The van der Waals surface area contributed by atoms with Gasteiger partial charge in [-0.2, -0.15) is 0 Å². The van der Waals surface area contributed by atoms with Gasteiger partial charge in [0.05, 0.1) is 23.1 Å². The van der Waals surface area contributed by atoms with Gasteiger partial charge < -0.3 is 0 Å². The Morgan fingerprint density at radius 1 is 1.28 bits per heavy atom. The van der Waals surface area contributed by atoms with Crippen LogP contribution < -0.4 is 0 Å². The summed E-state index contributed by atoms with van der Waals surface area (Å²) < 4.78 is 24.6. The van der Waals surface area contributed by atoms with E-state index in [1.165, 1.54) is 0 Å². The molecule has 0 spiro atoms. The monoisotopic (exact) mass is 285 g/mol. The van der Waals surface area contributed by atoms with Crippen LogP contribution in [0.3, 0.4) is 0 Å². The highest BCUT2D eigenvalue weighted by Crippen LogP contribution is 2.27. The van der Waals surface area contributed by atoms with Crippen LogP contribution in [-0.4, -0.2) is 34.9 Å². The van der Waals surface area contributed by atoms with E-state index in [0.29, 0.717) is 17.9 Å². The van der Waals surface area contributed by atoms with Crippen LogP contribution in [0.4, 0.5) is 0 Å². The van der Waals surface area contributed by atoms with Crippen LogP contribution in [-0.2, 0) is 9.84 Å². The van der Waals surface area contributed by atoms with Crippen LogP contribution in [0.5, 0.6) is 0 Å². The first-order valence-corrected chi connectivity index (χ1v) is 7.96.